The lowest BCUT2D eigenvalue weighted by Gasteiger charge is -2.38. The van der Waals surface area contributed by atoms with Crippen molar-refractivity contribution in [1.29, 1.82) is 0 Å². The molecule has 21 heavy (non-hydrogen) atoms. The fraction of sp³-hybridized carbons (Fsp3) is 0.188. The van der Waals surface area contributed by atoms with E-state index in [-0.39, 0.29) is 12.3 Å². The van der Waals surface area contributed by atoms with Crippen LogP contribution in [-0.4, -0.2) is 17.2 Å². The highest BCUT2D eigenvalue weighted by molar-refractivity contribution is 5.92. The highest BCUT2D eigenvalue weighted by Crippen LogP contribution is 2.51. The molecule has 5 nitrogen and oxygen atoms in total. The normalized spacial score (nSPS) is 22.2. The topological polar surface area (TPSA) is 63.6 Å². The lowest BCUT2D eigenvalue weighted by molar-refractivity contribution is -0.121. The Balaban J connectivity index is 2.06. The molecular formula is C16H13N3O2. The Morgan fingerprint density at radius 2 is 2.10 bits per heavy atom. The molecule has 1 spiro atoms. The molecule has 1 unspecified atom stereocenters. The van der Waals surface area contributed by atoms with Gasteiger partial charge in [0.2, 0.25) is 5.91 Å². The zero-order chi connectivity index (χ0) is 14.4. The Labute approximate surface area is 121 Å². The number of carbonyl (C=O) groups is 1. The number of benzene rings is 1. The number of amides is 1. The maximum atomic E-state index is 12.0. The molecule has 0 fully saturated rings. The van der Waals surface area contributed by atoms with Crippen molar-refractivity contribution in [3.63, 3.8) is 0 Å². The summed E-state index contributed by atoms with van der Waals surface area (Å²) in [5.74, 6) is 1.37. The van der Waals surface area contributed by atoms with Crippen LogP contribution in [0.5, 0.6) is 11.5 Å². The molecule has 0 saturated carbocycles. The van der Waals surface area contributed by atoms with E-state index in [1.807, 2.05) is 37.3 Å². The van der Waals surface area contributed by atoms with Crippen LogP contribution in [-0.2, 0) is 10.3 Å². The number of hydrogen-bond acceptors (Lipinski definition) is 4. The first-order valence-electron chi connectivity index (χ1n) is 6.77. The number of aromatic nitrogens is 1. The first-order valence-corrected chi connectivity index (χ1v) is 6.77. The summed E-state index contributed by atoms with van der Waals surface area (Å²) in [5.41, 5.74) is 1.87. The van der Waals surface area contributed by atoms with Gasteiger partial charge in [0.1, 0.15) is 11.3 Å². The summed E-state index contributed by atoms with van der Waals surface area (Å²) < 4.78 is 6.00. The predicted octanol–water partition coefficient (Wildman–Crippen LogP) is 2.29. The third-order valence-corrected chi connectivity index (χ3v) is 4.00. The molecular weight excluding hydrogens is 266 g/mol. The van der Waals surface area contributed by atoms with Crippen LogP contribution < -0.4 is 10.1 Å². The first kappa shape index (κ1) is 12.1. The number of nitrogens with one attached hydrogen (secondary N) is 1. The summed E-state index contributed by atoms with van der Waals surface area (Å²) >= 11 is 0. The van der Waals surface area contributed by atoms with Gasteiger partial charge in [0.05, 0.1) is 18.5 Å². The van der Waals surface area contributed by atoms with Crippen molar-refractivity contribution in [2.24, 2.45) is 4.99 Å². The van der Waals surface area contributed by atoms with E-state index in [0.717, 1.165) is 22.6 Å². The van der Waals surface area contributed by atoms with Crippen molar-refractivity contribution in [2.75, 3.05) is 0 Å². The number of fused-ring (bicyclic) bond motifs is 4. The van der Waals surface area contributed by atoms with Crippen LogP contribution >= 0.6 is 0 Å². The first-order chi connectivity index (χ1) is 10.2. The summed E-state index contributed by atoms with van der Waals surface area (Å²) in [5, 5.41) is 2.64. The molecule has 2 aliphatic heterocycles. The smallest absolute Gasteiger partial charge is 0.228 e. The molecule has 0 saturated heterocycles. The van der Waals surface area contributed by atoms with Crippen molar-refractivity contribution in [3.05, 3.63) is 53.3 Å². The highest BCUT2D eigenvalue weighted by atomic mass is 16.5. The van der Waals surface area contributed by atoms with E-state index in [4.69, 9.17) is 4.74 Å². The van der Waals surface area contributed by atoms with Gasteiger partial charge < -0.3 is 10.1 Å². The largest absolute Gasteiger partial charge is 0.455 e. The average molecular weight is 279 g/mol. The molecule has 2 aromatic rings. The minimum absolute atomic E-state index is 0.0536. The van der Waals surface area contributed by atoms with Gasteiger partial charge in [-0.1, -0.05) is 18.2 Å². The van der Waals surface area contributed by atoms with E-state index in [9.17, 15) is 4.79 Å². The number of ether oxygens (including phenoxy) is 1. The van der Waals surface area contributed by atoms with Crippen molar-refractivity contribution < 1.29 is 9.53 Å². The molecule has 0 radical (unpaired) electrons. The van der Waals surface area contributed by atoms with Crippen LogP contribution in [0.3, 0.4) is 0 Å². The third-order valence-electron chi connectivity index (χ3n) is 4.00. The molecule has 3 heterocycles. The quantitative estimate of drug-likeness (QED) is 0.804. The Hall–Kier alpha value is -2.69. The second-order valence-corrected chi connectivity index (χ2v) is 5.23. The van der Waals surface area contributed by atoms with Gasteiger partial charge >= 0.3 is 0 Å². The molecule has 1 atom stereocenters. The van der Waals surface area contributed by atoms with Crippen molar-refractivity contribution in [2.45, 2.75) is 18.9 Å². The van der Waals surface area contributed by atoms with Crippen LogP contribution in [0, 0.1) is 6.92 Å². The maximum Gasteiger partial charge on any atom is 0.228 e. The number of carbonyl (C=O) groups excluding carboxylic acids is 1. The number of aliphatic imine (C=N–C) groups is 1. The molecule has 1 aromatic heterocycles. The Morgan fingerprint density at radius 1 is 1.24 bits per heavy atom. The summed E-state index contributed by atoms with van der Waals surface area (Å²) in [6, 6.07) is 9.59. The molecule has 104 valence electrons. The van der Waals surface area contributed by atoms with Gasteiger partial charge in [0.15, 0.2) is 5.75 Å². The van der Waals surface area contributed by atoms with Gasteiger partial charge in [-0.2, -0.15) is 0 Å². The molecule has 0 aliphatic carbocycles. The summed E-state index contributed by atoms with van der Waals surface area (Å²) in [7, 11) is 0. The van der Waals surface area contributed by atoms with Gasteiger partial charge in [0.25, 0.3) is 0 Å². The molecule has 4 rings (SSSR count). The van der Waals surface area contributed by atoms with Crippen LogP contribution in [0.15, 0.2) is 41.5 Å². The molecule has 1 aromatic carbocycles. The molecule has 5 heteroatoms. The Bertz CT molecular complexity index is 785. The van der Waals surface area contributed by atoms with E-state index in [1.54, 1.807) is 6.20 Å². The summed E-state index contributed by atoms with van der Waals surface area (Å²) in [6.45, 7) is 1.90. The van der Waals surface area contributed by atoms with E-state index >= 15 is 0 Å². The summed E-state index contributed by atoms with van der Waals surface area (Å²) in [6.07, 6.45) is 3.48. The van der Waals surface area contributed by atoms with E-state index < -0.39 is 5.54 Å². The van der Waals surface area contributed by atoms with Gasteiger partial charge in [-0.25, -0.2) is 0 Å². The zero-order valence-corrected chi connectivity index (χ0v) is 11.5. The summed E-state index contributed by atoms with van der Waals surface area (Å²) in [4.78, 5) is 20.9. The molecule has 0 bridgehead atoms. The average Bonchev–Trinajstić information content (AvgIpc) is 2.49. The number of aryl methyl sites for hydroxylation is 1. The second kappa shape index (κ2) is 4.15. The lowest BCUT2D eigenvalue weighted by Crippen LogP contribution is -2.41. The minimum atomic E-state index is -0.722. The molecule has 2 aliphatic rings. The van der Waals surface area contributed by atoms with Gasteiger partial charge in [-0.3, -0.25) is 14.8 Å². The van der Waals surface area contributed by atoms with Gasteiger partial charge in [0, 0.05) is 17.3 Å². The number of pyridine rings is 1. The van der Waals surface area contributed by atoms with E-state index in [1.165, 1.54) is 6.34 Å². The van der Waals surface area contributed by atoms with Gasteiger partial charge in [-0.05, 0) is 19.1 Å². The predicted molar refractivity (Wildman–Crippen MR) is 77.5 cm³/mol. The maximum absolute atomic E-state index is 12.0. The third kappa shape index (κ3) is 1.60. The number of nitrogens with zero attached hydrogens (tertiary/aromatic N) is 2. The fourth-order valence-corrected chi connectivity index (χ4v) is 3.03. The highest BCUT2D eigenvalue weighted by Gasteiger charge is 2.45. The van der Waals surface area contributed by atoms with Crippen LogP contribution in [0.25, 0.3) is 0 Å². The van der Waals surface area contributed by atoms with Gasteiger partial charge in [-0.15, -0.1) is 0 Å². The van der Waals surface area contributed by atoms with E-state index in [0.29, 0.717) is 5.75 Å². The second-order valence-electron chi connectivity index (χ2n) is 5.23. The Morgan fingerprint density at radius 3 is 2.95 bits per heavy atom. The monoisotopic (exact) mass is 279 g/mol. The fourth-order valence-electron chi connectivity index (χ4n) is 3.03. The lowest BCUT2D eigenvalue weighted by atomic mass is 9.77. The van der Waals surface area contributed by atoms with Crippen molar-refractivity contribution in [3.8, 4) is 11.5 Å². The van der Waals surface area contributed by atoms with E-state index in [2.05, 4.69) is 15.3 Å². The molecule has 1 amide bonds. The minimum Gasteiger partial charge on any atom is -0.455 e. The SMILES string of the molecule is Cc1nccc2c1Oc1ccccc1C21CC(=O)NC=N1. The standard InChI is InChI=1S/C16H13N3O2/c1-10-15-12(6-7-17-10)16(8-14(20)18-9-19-16)11-4-2-3-5-13(11)21-15/h2-7,9H,8H2,1H3,(H,18,19,20). The van der Waals surface area contributed by atoms with Crippen molar-refractivity contribution in [1.82, 2.24) is 10.3 Å². The Kier molecular flexibility index (Phi) is 2.39. The van der Waals surface area contributed by atoms with Crippen LogP contribution in [0.4, 0.5) is 0 Å². The van der Waals surface area contributed by atoms with Crippen LogP contribution in [0.1, 0.15) is 23.2 Å². The number of hydrogen-bond donors (Lipinski definition) is 1. The molecule has 1 N–H and O–H groups in total. The van der Waals surface area contributed by atoms with Crippen LogP contribution in [0.2, 0.25) is 0 Å². The van der Waals surface area contributed by atoms with Crippen molar-refractivity contribution >= 4 is 12.2 Å². The number of rotatable bonds is 0. The zero-order valence-electron chi connectivity index (χ0n) is 11.5. The number of para-hydroxylation sites is 1.